The summed E-state index contributed by atoms with van der Waals surface area (Å²) in [7, 11) is -3.09. The predicted molar refractivity (Wildman–Crippen MR) is 51.9 cm³/mol. The SMILES string of the molecule is O=C1CNC(=O)N1C1CCCS(=O)(=O)C1. The van der Waals surface area contributed by atoms with Crippen molar-refractivity contribution < 1.29 is 18.0 Å². The highest BCUT2D eigenvalue weighted by atomic mass is 32.2. The van der Waals surface area contributed by atoms with E-state index in [1.165, 1.54) is 0 Å². The van der Waals surface area contributed by atoms with Gasteiger partial charge >= 0.3 is 6.03 Å². The molecular formula is C8H12N2O4S. The normalized spacial score (nSPS) is 30.4. The summed E-state index contributed by atoms with van der Waals surface area (Å²) in [6.07, 6.45) is 1.10. The van der Waals surface area contributed by atoms with Gasteiger partial charge in [-0.05, 0) is 12.8 Å². The Bertz CT molecular complexity index is 387. The van der Waals surface area contributed by atoms with Gasteiger partial charge in [-0.15, -0.1) is 0 Å². The average Bonchev–Trinajstić information content (AvgIpc) is 2.44. The van der Waals surface area contributed by atoms with Crippen molar-refractivity contribution in [3.05, 3.63) is 0 Å². The number of amides is 3. The quantitative estimate of drug-likeness (QED) is 0.595. The van der Waals surface area contributed by atoms with E-state index in [1.807, 2.05) is 0 Å². The standard InChI is InChI=1S/C8H12N2O4S/c11-7-4-9-8(12)10(7)6-2-1-3-15(13,14)5-6/h6H,1-5H2,(H,9,12). The van der Waals surface area contributed by atoms with Crippen molar-refractivity contribution in [3.63, 3.8) is 0 Å². The molecule has 1 N–H and O–H groups in total. The van der Waals surface area contributed by atoms with E-state index < -0.39 is 21.9 Å². The van der Waals surface area contributed by atoms with Crippen LogP contribution < -0.4 is 5.32 Å². The van der Waals surface area contributed by atoms with Gasteiger partial charge in [0.05, 0.1) is 24.1 Å². The van der Waals surface area contributed by atoms with Crippen molar-refractivity contribution in [2.45, 2.75) is 18.9 Å². The molecule has 2 rings (SSSR count). The fraction of sp³-hybridized carbons (Fsp3) is 0.750. The molecule has 0 aromatic carbocycles. The van der Waals surface area contributed by atoms with E-state index in [2.05, 4.69) is 5.32 Å². The van der Waals surface area contributed by atoms with Crippen molar-refractivity contribution in [3.8, 4) is 0 Å². The lowest BCUT2D eigenvalue weighted by Gasteiger charge is -2.28. The molecule has 2 saturated heterocycles. The Labute approximate surface area is 87.5 Å². The molecule has 0 spiro atoms. The van der Waals surface area contributed by atoms with Gasteiger partial charge in [0.1, 0.15) is 0 Å². The van der Waals surface area contributed by atoms with Gasteiger partial charge in [-0.1, -0.05) is 0 Å². The molecule has 0 aromatic heterocycles. The molecule has 2 aliphatic rings. The summed E-state index contributed by atoms with van der Waals surface area (Å²) in [5, 5.41) is 2.39. The number of imide groups is 1. The number of nitrogens with one attached hydrogen (secondary N) is 1. The van der Waals surface area contributed by atoms with Gasteiger partial charge in [0.25, 0.3) is 0 Å². The van der Waals surface area contributed by atoms with E-state index >= 15 is 0 Å². The van der Waals surface area contributed by atoms with Gasteiger partial charge in [-0.3, -0.25) is 9.69 Å². The molecule has 0 aliphatic carbocycles. The van der Waals surface area contributed by atoms with E-state index in [0.29, 0.717) is 12.8 Å². The maximum atomic E-state index is 11.4. The number of rotatable bonds is 1. The molecule has 1 atom stereocenters. The third-order valence-electron chi connectivity index (χ3n) is 2.68. The number of nitrogens with zero attached hydrogens (tertiary/aromatic N) is 1. The van der Waals surface area contributed by atoms with Crippen LogP contribution in [-0.2, 0) is 14.6 Å². The van der Waals surface area contributed by atoms with E-state index in [1.54, 1.807) is 0 Å². The highest BCUT2D eigenvalue weighted by molar-refractivity contribution is 7.91. The Hall–Kier alpha value is -1.11. The Morgan fingerprint density at radius 1 is 1.33 bits per heavy atom. The number of carbonyl (C=O) groups excluding carboxylic acids is 2. The second-order valence-electron chi connectivity index (χ2n) is 3.83. The van der Waals surface area contributed by atoms with Crippen LogP contribution in [0.1, 0.15) is 12.8 Å². The number of urea groups is 1. The second-order valence-corrected chi connectivity index (χ2v) is 6.06. The first-order valence-corrected chi connectivity index (χ1v) is 6.62. The van der Waals surface area contributed by atoms with Crippen LogP contribution in [0.15, 0.2) is 0 Å². The van der Waals surface area contributed by atoms with E-state index in [9.17, 15) is 18.0 Å². The first-order chi connectivity index (χ1) is 6.99. The zero-order valence-electron chi connectivity index (χ0n) is 8.10. The number of sulfone groups is 1. The zero-order valence-corrected chi connectivity index (χ0v) is 8.92. The highest BCUT2D eigenvalue weighted by Crippen LogP contribution is 2.19. The van der Waals surface area contributed by atoms with Crippen LogP contribution in [0.2, 0.25) is 0 Å². The Morgan fingerprint density at radius 3 is 2.60 bits per heavy atom. The van der Waals surface area contributed by atoms with Crippen LogP contribution in [0.25, 0.3) is 0 Å². The van der Waals surface area contributed by atoms with Gasteiger partial charge in [0, 0.05) is 0 Å². The van der Waals surface area contributed by atoms with E-state index in [-0.39, 0.29) is 24.0 Å². The Balaban J connectivity index is 2.17. The minimum Gasteiger partial charge on any atom is -0.329 e. The van der Waals surface area contributed by atoms with Crippen molar-refractivity contribution in [1.29, 1.82) is 0 Å². The number of carbonyl (C=O) groups is 2. The van der Waals surface area contributed by atoms with Crippen LogP contribution in [-0.4, -0.2) is 49.3 Å². The molecule has 2 fully saturated rings. The molecule has 0 saturated carbocycles. The Kier molecular flexibility index (Phi) is 2.41. The summed E-state index contributed by atoms with van der Waals surface area (Å²) < 4.78 is 22.7. The van der Waals surface area contributed by atoms with Crippen molar-refractivity contribution >= 4 is 21.8 Å². The van der Waals surface area contributed by atoms with Crippen LogP contribution in [0, 0.1) is 0 Å². The van der Waals surface area contributed by atoms with Crippen LogP contribution in [0.5, 0.6) is 0 Å². The zero-order chi connectivity index (χ0) is 11.1. The van der Waals surface area contributed by atoms with Gasteiger partial charge in [0.2, 0.25) is 5.91 Å². The monoisotopic (exact) mass is 232 g/mol. The summed E-state index contributed by atoms with van der Waals surface area (Å²) in [5.41, 5.74) is 0. The summed E-state index contributed by atoms with van der Waals surface area (Å²) in [6.45, 7) is -0.0185. The lowest BCUT2D eigenvalue weighted by Crippen LogP contribution is -2.47. The Morgan fingerprint density at radius 2 is 2.07 bits per heavy atom. The first-order valence-electron chi connectivity index (χ1n) is 4.80. The van der Waals surface area contributed by atoms with Gasteiger partial charge in [-0.25, -0.2) is 13.2 Å². The van der Waals surface area contributed by atoms with Crippen molar-refractivity contribution in [2.75, 3.05) is 18.1 Å². The smallest absolute Gasteiger partial charge is 0.324 e. The summed E-state index contributed by atoms with van der Waals surface area (Å²) in [4.78, 5) is 23.7. The molecule has 2 aliphatic heterocycles. The van der Waals surface area contributed by atoms with E-state index in [0.717, 1.165) is 4.90 Å². The van der Waals surface area contributed by atoms with Gasteiger partial charge in [0.15, 0.2) is 9.84 Å². The molecule has 0 bridgehead atoms. The largest absolute Gasteiger partial charge is 0.329 e. The van der Waals surface area contributed by atoms with Crippen molar-refractivity contribution in [1.82, 2.24) is 10.2 Å². The number of hydrogen-bond donors (Lipinski definition) is 1. The van der Waals surface area contributed by atoms with Crippen LogP contribution in [0.3, 0.4) is 0 Å². The maximum Gasteiger partial charge on any atom is 0.324 e. The molecule has 0 radical (unpaired) electrons. The van der Waals surface area contributed by atoms with Crippen LogP contribution >= 0.6 is 0 Å². The van der Waals surface area contributed by atoms with Crippen molar-refractivity contribution in [2.24, 2.45) is 0 Å². The maximum absolute atomic E-state index is 11.4. The predicted octanol–water partition coefficient (Wildman–Crippen LogP) is -0.885. The lowest BCUT2D eigenvalue weighted by atomic mass is 10.1. The lowest BCUT2D eigenvalue weighted by molar-refractivity contribution is -0.126. The average molecular weight is 232 g/mol. The minimum absolute atomic E-state index is 0.0185. The molecule has 2 heterocycles. The fourth-order valence-corrected chi connectivity index (χ4v) is 3.68. The van der Waals surface area contributed by atoms with Gasteiger partial charge in [-0.2, -0.15) is 0 Å². The van der Waals surface area contributed by atoms with Crippen LogP contribution in [0.4, 0.5) is 4.79 Å². The topological polar surface area (TPSA) is 83.6 Å². The minimum atomic E-state index is -3.09. The second kappa shape index (κ2) is 3.48. The third-order valence-corrected chi connectivity index (χ3v) is 4.49. The molecule has 15 heavy (non-hydrogen) atoms. The van der Waals surface area contributed by atoms with E-state index in [4.69, 9.17) is 0 Å². The highest BCUT2D eigenvalue weighted by Gasteiger charge is 2.38. The number of hydrogen-bond acceptors (Lipinski definition) is 4. The third kappa shape index (κ3) is 1.97. The molecule has 6 nitrogen and oxygen atoms in total. The summed E-state index contributed by atoms with van der Waals surface area (Å²) >= 11 is 0. The molecule has 1 unspecified atom stereocenters. The molecule has 84 valence electrons. The molecule has 3 amide bonds. The van der Waals surface area contributed by atoms with Gasteiger partial charge < -0.3 is 5.32 Å². The molecular weight excluding hydrogens is 220 g/mol. The summed E-state index contributed by atoms with van der Waals surface area (Å²) in [5.74, 6) is -0.263. The molecule has 7 heteroatoms. The summed E-state index contributed by atoms with van der Waals surface area (Å²) in [6, 6.07) is -0.944. The fourth-order valence-electron chi connectivity index (χ4n) is 2.01. The first kappa shape index (κ1) is 10.4. The molecule has 0 aromatic rings.